The predicted octanol–water partition coefficient (Wildman–Crippen LogP) is 2.89. The van der Waals surface area contributed by atoms with Gasteiger partial charge in [-0.2, -0.15) is 0 Å². The molecule has 2 nitrogen and oxygen atoms in total. The summed E-state index contributed by atoms with van der Waals surface area (Å²) in [6.07, 6.45) is 0.879. The molecule has 2 heteroatoms. The van der Waals surface area contributed by atoms with Crippen molar-refractivity contribution in [3.05, 3.63) is 35.4 Å². The third-order valence-electron chi connectivity index (χ3n) is 2.85. The van der Waals surface area contributed by atoms with Crippen LogP contribution < -0.4 is 5.73 Å². The molecule has 0 aliphatic carbocycles. The Labute approximate surface area is 105 Å². The summed E-state index contributed by atoms with van der Waals surface area (Å²) in [5.74, 6) is 0. The maximum atomic E-state index is 5.99. The molecule has 0 aliphatic heterocycles. The van der Waals surface area contributed by atoms with Crippen molar-refractivity contribution in [2.45, 2.75) is 45.6 Å². The van der Waals surface area contributed by atoms with Crippen LogP contribution in [0.2, 0.25) is 0 Å². The third kappa shape index (κ3) is 4.88. The average Bonchev–Trinajstić information content (AvgIpc) is 2.26. The molecule has 1 atom stereocenters. The molecule has 1 aromatic rings. The molecule has 96 valence electrons. The van der Waals surface area contributed by atoms with E-state index in [0.717, 1.165) is 13.0 Å². The molecule has 0 amide bonds. The van der Waals surface area contributed by atoms with E-state index in [1.807, 2.05) is 6.92 Å². The number of nitrogens with two attached hydrogens (primary N) is 1. The number of benzene rings is 1. The molecule has 17 heavy (non-hydrogen) atoms. The second kappa shape index (κ2) is 6.18. The van der Waals surface area contributed by atoms with Crippen LogP contribution in [0.15, 0.2) is 24.3 Å². The number of hydrogen-bond acceptors (Lipinski definition) is 2. The molecule has 0 saturated carbocycles. The van der Waals surface area contributed by atoms with E-state index in [1.165, 1.54) is 11.1 Å². The van der Waals surface area contributed by atoms with E-state index >= 15 is 0 Å². The lowest BCUT2D eigenvalue weighted by molar-refractivity contribution is 0.133. The molecule has 0 radical (unpaired) electrons. The van der Waals surface area contributed by atoms with Gasteiger partial charge in [0, 0.05) is 12.6 Å². The van der Waals surface area contributed by atoms with E-state index < -0.39 is 0 Å². The van der Waals surface area contributed by atoms with Gasteiger partial charge in [0.15, 0.2) is 0 Å². The van der Waals surface area contributed by atoms with Gasteiger partial charge in [-0.05, 0) is 29.9 Å². The number of hydrogen-bond donors (Lipinski definition) is 1. The molecule has 0 bridgehead atoms. The van der Waals surface area contributed by atoms with Crippen LogP contribution in [0.4, 0.5) is 0 Å². The van der Waals surface area contributed by atoms with E-state index in [-0.39, 0.29) is 11.5 Å². The summed E-state index contributed by atoms with van der Waals surface area (Å²) < 4.78 is 5.32. The van der Waals surface area contributed by atoms with Crippen LogP contribution in [-0.2, 0) is 16.6 Å². The molecule has 0 fully saturated rings. The second-order valence-corrected chi connectivity index (χ2v) is 5.57. The summed E-state index contributed by atoms with van der Waals surface area (Å²) in [6.45, 7) is 10.0. The lowest BCUT2D eigenvalue weighted by Crippen LogP contribution is -2.28. The van der Waals surface area contributed by atoms with Gasteiger partial charge >= 0.3 is 0 Å². The van der Waals surface area contributed by atoms with Gasteiger partial charge < -0.3 is 10.5 Å². The molecule has 1 aromatic carbocycles. The standard InChI is InChI=1S/C15H25NO/c1-5-17-11-14(16)10-12-6-8-13(9-7-12)15(2,3)4/h6-9,14H,5,10-11,16H2,1-4H3. The van der Waals surface area contributed by atoms with E-state index in [4.69, 9.17) is 10.5 Å². The largest absolute Gasteiger partial charge is 0.380 e. The molecule has 0 saturated heterocycles. The predicted molar refractivity (Wildman–Crippen MR) is 73.3 cm³/mol. The fourth-order valence-electron chi connectivity index (χ4n) is 1.77. The van der Waals surface area contributed by atoms with Crippen molar-refractivity contribution in [3.63, 3.8) is 0 Å². The van der Waals surface area contributed by atoms with Gasteiger partial charge in [-0.1, -0.05) is 45.0 Å². The smallest absolute Gasteiger partial charge is 0.0620 e. The monoisotopic (exact) mass is 235 g/mol. The number of rotatable bonds is 5. The van der Waals surface area contributed by atoms with Gasteiger partial charge in [0.25, 0.3) is 0 Å². The van der Waals surface area contributed by atoms with Gasteiger partial charge in [-0.15, -0.1) is 0 Å². The Hall–Kier alpha value is -0.860. The van der Waals surface area contributed by atoms with Gasteiger partial charge in [0.2, 0.25) is 0 Å². The van der Waals surface area contributed by atoms with Gasteiger partial charge in [0.1, 0.15) is 0 Å². The molecule has 0 spiro atoms. The minimum atomic E-state index is 0.0930. The van der Waals surface area contributed by atoms with Crippen LogP contribution in [0, 0.1) is 0 Å². The summed E-state index contributed by atoms with van der Waals surface area (Å²) >= 11 is 0. The van der Waals surface area contributed by atoms with Crippen molar-refractivity contribution in [2.75, 3.05) is 13.2 Å². The summed E-state index contributed by atoms with van der Waals surface area (Å²) in [5, 5.41) is 0. The minimum absolute atomic E-state index is 0.0930. The van der Waals surface area contributed by atoms with Crippen LogP contribution in [0.5, 0.6) is 0 Å². The topological polar surface area (TPSA) is 35.2 Å². The molecular formula is C15H25NO. The first-order valence-corrected chi connectivity index (χ1v) is 6.36. The third-order valence-corrected chi connectivity index (χ3v) is 2.85. The Bertz CT molecular complexity index is 324. The van der Waals surface area contributed by atoms with E-state index in [9.17, 15) is 0 Å². The van der Waals surface area contributed by atoms with Crippen molar-refractivity contribution in [1.29, 1.82) is 0 Å². The van der Waals surface area contributed by atoms with Crippen molar-refractivity contribution < 1.29 is 4.74 Å². The van der Waals surface area contributed by atoms with E-state index in [0.29, 0.717) is 6.61 Å². The highest BCUT2D eigenvalue weighted by molar-refractivity contribution is 5.27. The fourth-order valence-corrected chi connectivity index (χ4v) is 1.77. The van der Waals surface area contributed by atoms with Gasteiger partial charge in [-0.3, -0.25) is 0 Å². The van der Waals surface area contributed by atoms with Crippen molar-refractivity contribution >= 4 is 0 Å². The van der Waals surface area contributed by atoms with Crippen LogP contribution in [-0.4, -0.2) is 19.3 Å². The van der Waals surface area contributed by atoms with Crippen molar-refractivity contribution in [2.24, 2.45) is 5.73 Å². The van der Waals surface area contributed by atoms with Crippen LogP contribution in [0.25, 0.3) is 0 Å². The highest BCUT2D eigenvalue weighted by Crippen LogP contribution is 2.22. The highest BCUT2D eigenvalue weighted by atomic mass is 16.5. The first-order valence-electron chi connectivity index (χ1n) is 6.36. The zero-order valence-electron chi connectivity index (χ0n) is 11.5. The molecular weight excluding hydrogens is 210 g/mol. The van der Waals surface area contributed by atoms with Crippen molar-refractivity contribution in [1.82, 2.24) is 0 Å². The first kappa shape index (κ1) is 14.2. The van der Waals surface area contributed by atoms with E-state index in [1.54, 1.807) is 0 Å². The van der Waals surface area contributed by atoms with E-state index in [2.05, 4.69) is 45.0 Å². The summed E-state index contributed by atoms with van der Waals surface area (Å²) in [7, 11) is 0. The Morgan fingerprint density at radius 2 is 1.76 bits per heavy atom. The fraction of sp³-hybridized carbons (Fsp3) is 0.600. The minimum Gasteiger partial charge on any atom is -0.380 e. The Morgan fingerprint density at radius 3 is 2.24 bits per heavy atom. The van der Waals surface area contributed by atoms with Gasteiger partial charge in [-0.25, -0.2) is 0 Å². The molecule has 0 aliphatic rings. The van der Waals surface area contributed by atoms with Crippen molar-refractivity contribution in [3.8, 4) is 0 Å². The molecule has 2 N–H and O–H groups in total. The second-order valence-electron chi connectivity index (χ2n) is 5.57. The number of ether oxygens (including phenoxy) is 1. The maximum Gasteiger partial charge on any atom is 0.0620 e. The normalized spacial score (nSPS) is 13.7. The lowest BCUT2D eigenvalue weighted by Gasteiger charge is -2.19. The summed E-state index contributed by atoms with van der Waals surface area (Å²) in [4.78, 5) is 0. The quantitative estimate of drug-likeness (QED) is 0.851. The molecule has 1 rings (SSSR count). The Balaban J connectivity index is 2.56. The first-order chi connectivity index (χ1) is 7.93. The van der Waals surface area contributed by atoms with Crippen LogP contribution >= 0.6 is 0 Å². The Kier molecular flexibility index (Phi) is 5.16. The van der Waals surface area contributed by atoms with Gasteiger partial charge in [0.05, 0.1) is 6.61 Å². The zero-order chi connectivity index (χ0) is 12.9. The average molecular weight is 235 g/mol. The SMILES string of the molecule is CCOCC(N)Cc1ccc(C(C)(C)C)cc1. The Morgan fingerprint density at radius 1 is 1.18 bits per heavy atom. The molecule has 0 heterocycles. The highest BCUT2D eigenvalue weighted by Gasteiger charge is 2.13. The van der Waals surface area contributed by atoms with Crippen LogP contribution in [0.3, 0.4) is 0 Å². The molecule has 0 aromatic heterocycles. The zero-order valence-corrected chi connectivity index (χ0v) is 11.5. The van der Waals surface area contributed by atoms with Crippen LogP contribution in [0.1, 0.15) is 38.8 Å². The summed E-state index contributed by atoms with van der Waals surface area (Å²) in [6, 6.07) is 8.83. The molecule has 1 unspecified atom stereocenters. The lowest BCUT2D eigenvalue weighted by atomic mass is 9.86. The summed E-state index contributed by atoms with van der Waals surface area (Å²) in [5.41, 5.74) is 8.85. The maximum absolute atomic E-state index is 5.99.